The largest absolute Gasteiger partial charge is 0.492 e. The van der Waals surface area contributed by atoms with Gasteiger partial charge >= 0.3 is 6.18 Å². The molecule has 0 aliphatic heterocycles. The Labute approximate surface area is 150 Å². The van der Waals surface area contributed by atoms with Crippen LogP contribution in [0.25, 0.3) is 0 Å². The fraction of sp³-hybridized carbons (Fsp3) is 0.316. The third-order valence-corrected chi connectivity index (χ3v) is 3.70. The van der Waals surface area contributed by atoms with E-state index in [0.717, 1.165) is 12.6 Å². The predicted octanol–water partition coefficient (Wildman–Crippen LogP) is 4.21. The van der Waals surface area contributed by atoms with Gasteiger partial charge in [-0.2, -0.15) is 13.2 Å². The number of likely N-dealkylation sites (N-methyl/N-ethyl adjacent to an activating group) is 1. The van der Waals surface area contributed by atoms with Crippen LogP contribution in [-0.4, -0.2) is 38.1 Å². The number of nitrogens with zero attached hydrogens (tertiary/aromatic N) is 1. The van der Waals surface area contributed by atoms with Gasteiger partial charge in [-0.05, 0) is 56.9 Å². The summed E-state index contributed by atoms with van der Waals surface area (Å²) in [6, 6.07) is 10.2. The zero-order valence-corrected chi connectivity index (χ0v) is 14.9. The van der Waals surface area contributed by atoms with Crippen molar-refractivity contribution in [2.24, 2.45) is 0 Å². The standard InChI is InChI=1S/C19H21F3N2O2/c1-13-7-8-15(12-17(13)19(20,21)22)23-18(25)14-5-4-6-16(11-14)26-10-9-24(2)3/h4-8,11-12H,9-10H2,1-3H3,(H,23,25). The van der Waals surface area contributed by atoms with E-state index in [-0.39, 0.29) is 11.3 Å². The molecule has 0 aliphatic carbocycles. The number of anilines is 1. The normalized spacial score (nSPS) is 11.5. The summed E-state index contributed by atoms with van der Waals surface area (Å²) in [4.78, 5) is 14.3. The molecule has 2 aromatic carbocycles. The number of hydrogen-bond donors (Lipinski definition) is 1. The SMILES string of the molecule is Cc1ccc(NC(=O)c2cccc(OCCN(C)C)c2)cc1C(F)(F)F. The highest BCUT2D eigenvalue weighted by Gasteiger charge is 2.32. The molecule has 0 saturated heterocycles. The van der Waals surface area contributed by atoms with Crippen LogP contribution in [0.4, 0.5) is 18.9 Å². The summed E-state index contributed by atoms with van der Waals surface area (Å²) in [6.45, 7) is 2.56. The van der Waals surface area contributed by atoms with Crippen molar-refractivity contribution in [2.75, 3.05) is 32.6 Å². The molecular weight excluding hydrogens is 345 g/mol. The lowest BCUT2D eigenvalue weighted by Crippen LogP contribution is -2.19. The van der Waals surface area contributed by atoms with Crippen molar-refractivity contribution in [3.05, 3.63) is 59.2 Å². The maximum atomic E-state index is 13.0. The van der Waals surface area contributed by atoms with E-state index >= 15 is 0 Å². The minimum absolute atomic E-state index is 0.0897. The molecule has 4 nitrogen and oxygen atoms in total. The third kappa shape index (κ3) is 5.49. The number of rotatable bonds is 6. The van der Waals surface area contributed by atoms with Gasteiger partial charge in [0, 0.05) is 17.8 Å². The second-order valence-electron chi connectivity index (χ2n) is 6.16. The lowest BCUT2D eigenvalue weighted by molar-refractivity contribution is -0.138. The molecule has 26 heavy (non-hydrogen) atoms. The van der Waals surface area contributed by atoms with Crippen molar-refractivity contribution in [3.63, 3.8) is 0 Å². The van der Waals surface area contributed by atoms with E-state index in [0.29, 0.717) is 17.9 Å². The van der Waals surface area contributed by atoms with Gasteiger partial charge in [0.15, 0.2) is 0 Å². The van der Waals surface area contributed by atoms with Crippen LogP contribution < -0.4 is 10.1 Å². The van der Waals surface area contributed by atoms with E-state index in [4.69, 9.17) is 4.74 Å². The van der Waals surface area contributed by atoms with Crippen molar-refractivity contribution in [2.45, 2.75) is 13.1 Å². The summed E-state index contributed by atoms with van der Waals surface area (Å²) < 4.78 is 44.5. The number of carbonyl (C=O) groups excluding carboxylic acids is 1. The number of aryl methyl sites for hydroxylation is 1. The van der Waals surface area contributed by atoms with Gasteiger partial charge in [-0.15, -0.1) is 0 Å². The van der Waals surface area contributed by atoms with Crippen molar-refractivity contribution in [1.82, 2.24) is 4.90 Å². The molecule has 0 radical (unpaired) electrons. The number of carbonyl (C=O) groups is 1. The topological polar surface area (TPSA) is 41.6 Å². The van der Waals surface area contributed by atoms with Crippen LogP contribution in [0.15, 0.2) is 42.5 Å². The lowest BCUT2D eigenvalue weighted by atomic mass is 10.1. The molecule has 2 rings (SSSR count). The maximum absolute atomic E-state index is 13.0. The van der Waals surface area contributed by atoms with E-state index in [1.165, 1.54) is 19.1 Å². The number of nitrogens with one attached hydrogen (secondary N) is 1. The minimum atomic E-state index is -4.47. The highest BCUT2D eigenvalue weighted by Crippen LogP contribution is 2.33. The molecule has 0 fully saturated rings. The number of alkyl halides is 3. The summed E-state index contributed by atoms with van der Waals surface area (Å²) in [5.41, 5.74) is -0.267. The molecule has 0 unspecified atom stereocenters. The molecule has 1 N–H and O–H groups in total. The first-order valence-corrected chi connectivity index (χ1v) is 8.03. The zero-order valence-electron chi connectivity index (χ0n) is 14.9. The summed E-state index contributed by atoms with van der Waals surface area (Å²) in [5, 5.41) is 2.50. The summed E-state index contributed by atoms with van der Waals surface area (Å²) in [5.74, 6) is 0.0272. The molecule has 0 bridgehead atoms. The summed E-state index contributed by atoms with van der Waals surface area (Å²) in [7, 11) is 3.84. The third-order valence-electron chi connectivity index (χ3n) is 3.70. The van der Waals surface area contributed by atoms with E-state index in [1.807, 2.05) is 19.0 Å². The molecule has 1 amide bonds. The van der Waals surface area contributed by atoms with Crippen LogP contribution in [0.1, 0.15) is 21.5 Å². The Morgan fingerprint density at radius 2 is 1.88 bits per heavy atom. The van der Waals surface area contributed by atoms with E-state index in [2.05, 4.69) is 5.32 Å². The smallest absolute Gasteiger partial charge is 0.416 e. The summed E-state index contributed by atoms with van der Waals surface area (Å²) in [6.07, 6.45) is -4.47. The Balaban J connectivity index is 2.10. The Morgan fingerprint density at radius 1 is 1.15 bits per heavy atom. The maximum Gasteiger partial charge on any atom is 0.416 e. The molecule has 2 aromatic rings. The molecule has 0 aromatic heterocycles. The van der Waals surface area contributed by atoms with Gasteiger partial charge in [0.2, 0.25) is 0 Å². The number of hydrogen-bond acceptors (Lipinski definition) is 3. The van der Waals surface area contributed by atoms with Crippen LogP contribution >= 0.6 is 0 Å². The highest BCUT2D eigenvalue weighted by atomic mass is 19.4. The fourth-order valence-corrected chi connectivity index (χ4v) is 2.28. The summed E-state index contributed by atoms with van der Waals surface area (Å²) >= 11 is 0. The van der Waals surface area contributed by atoms with Crippen LogP contribution in [0.2, 0.25) is 0 Å². The van der Waals surface area contributed by atoms with Gasteiger partial charge < -0.3 is 15.0 Å². The molecule has 0 aliphatic rings. The van der Waals surface area contributed by atoms with Crippen molar-refractivity contribution >= 4 is 11.6 Å². The second kappa shape index (κ2) is 8.23. The van der Waals surface area contributed by atoms with Crippen LogP contribution in [-0.2, 0) is 6.18 Å². The van der Waals surface area contributed by atoms with Crippen molar-refractivity contribution < 1.29 is 22.7 Å². The molecular formula is C19H21F3N2O2. The lowest BCUT2D eigenvalue weighted by Gasteiger charge is -2.13. The van der Waals surface area contributed by atoms with Gasteiger partial charge in [0.25, 0.3) is 5.91 Å². The average molecular weight is 366 g/mol. The monoisotopic (exact) mass is 366 g/mol. The highest BCUT2D eigenvalue weighted by molar-refractivity contribution is 6.04. The Kier molecular flexibility index (Phi) is 6.26. The minimum Gasteiger partial charge on any atom is -0.492 e. The first-order valence-electron chi connectivity index (χ1n) is 8.03. The van der Waals surface area contributed by atoms with Crippen LogP contribution in [0.3, 0.4) is 0 Å². The molecule has 0 spiro atoms. The van der Waals surface area contributed by atoms with Gasteiger partial charge in [-0.1, -0.05) is 12.1 Å². The molecule has 0 heterocycles. The van der Waals surface area contributed by atoms with E-state index in [1.54, 1.807) is 24.3 Å². The van der Waals surface area contributed by atoms with Gasteiger partial charge in [0.1, 0.15) is 12.4 Å². The van der Waals surface area contributed by atoms with E-state index < -0.39 is 17.6 Å². The molecule has 0 saturated carbocycles. The Bertz CT molecular complexity index is 774. The van der Waals surface area contributed by atoms with Gasteiger partial charge in [-0.3, -0.25) is 4.79 Å². The van der Waals surface area contributed by atoms with Crippen LogP contribution in [0, 0.1) is 6.92 Å². The van der Waals surface area contributed by atoms with Crippen molar-refractivity contribution in [3.8, 4) is 5.75 Å². The second-order valence-corrected chi connectivity index (χ2v) is 6.16. The Morgan fingerprint density at radius 3 is 2.54 bits per heavy atom. The Hall–Kier alpha value is -2.54. The van der Waals surface area contributed by atoms with E-state index in [9.17, 15) is 18.0 Å². The predicted molar refractivity (Wildman–Crippen MR) is 94.6 cm³/mol. The quantitative estimate of drug-likeness (QED) is 0.833. The first kappa shape index (κ1) is 19.8. The van der Waals surface area contributed by atoms with Crippen LogP contribution in [0.5, 0.6) is 5.75 Å². The number of amides is 1. The number of benzene rings is 2. The zero-order chi connectivity index (χ0) is 19.3. The molecule has 0 atom stereocenters. The molecule has 140 valence electrons. The number of ether oxygens (including phenoxy) is 1. The van der Waals surface area contributed by atoms with Gasteiger partial charge in [-0.25, -0.2) is 0 Å². The average Bonchev–Trinajstić information content (AvgIpc) is 2.55. The first-order chi connectivity index (χ1) is 12.2. The molecule has 7 heteroatoms. The van der Waals surface area contributed by atoms with Gasteiger partial charge in [0.05, 0.1) is 5.56 Å². The fourth-order valence-electron chi connectivity index (χ4n) is 2.28. The van der Waals surface area contributed by atoms with Crippen molar-refractivity contribution in [1.29, 1.82) is 0 Å². The number of halogens is 3.